The first-order valence-electron chi connectivity index (χ1n) is 5.06. The highest BCUT2D eigenvalue weighted by atomic mass is 79.9. The number of hydrogen-bond acceptors (Lipinski definition) is 4. The molecule has 1 aromatic heterocycles. The van der Waals surface area contributed by atoms with E-state index in [1.807, 2.05) is 6.26 Å². The van der Waals surface area contributed by atoms with Gasteiger partial charge in [0.2, 0.25) is 0 Å². The largest absolute Gasteiger partial charge is 0.387 e. The third-order valence-corrected chi connectivity index (χ3v) is 3.42. The van der Waals surface area contributed by atoms with Gasteiger partial charge < -0.3 is 10.4 Å². The van der Waals surface area contributed by atoms with Gasteiger partial charge in [0.25, 0.3) is 5.91 Å². The lowest BCUT2D eigenvalue weighted by Crippen LogP contribution is -2.42. The summed E-state index contributed by atoms with van der Waals surface area (Å²) in [5, 5.41) is 12.6. The van der Waals surface area contributed by atoms with Crippen LogP contribution in [0.1, 0.15) is 17.3 Å². The zero-order valence-electron chi connectivity index (χ0n) is 9.74. The molecule has 0 fully saturated rings. The minimum atomic E-state index is -0.890. The summed E-state index contributed by atoms with van der Waals surface area (Å²) in [7, 11) is 0. The molecule has 0 radical (unpaired) electrons. The molecule has 0 saturated carbocycles. The molecule has 0 aliphatic rings. The van der Waals surface area contributed by atoms with Gasteiger partial charge in [0, 0.05) is 24.1 Å². The Balaban J connectivity index is 2.56. The number of thioether (sulfide) groups is 1. The Hall–Kier alpha value is -0.590. The quantitative estimate of drug-likeness (QED) is 0.811. The Morgan fingerprint density at radius 1 is 1.71 bits per heavy atom. The van der Waals surface area contributed by atoms with E-state index >= 15 is 0 Å². The van der Waals surface area contributed by atoms with E-state index in [4.69, 9.17) is 0 Å². The molecule has 1 atom stereocenters. The van der Waals surface area contributed by atoms with Gasteiger partial charge in [0.1, 0.15) is 4.60 Å². The molecular formula is C11H15BrN2O2S. The van der Waals surface area contributed by atoms with Crippen LogP contribution in [0.4, 0.5) is 0 Å². The van der Waals surface area contributed by atoms with Crippen LogP contribution >= 0.6 is 27.7 Å². The van der Waals surface area contributed by atoms with Crippen molar-refractivity contribution in [2.24, 2.45) is 0 Å². The number of carbonyl (C=O) groups excluding carboxylic acids is 1. The van der Waals surface area contributed by atoms with Crippen LogP contribution in [0.3, 0.4) is 0 Å². The average molecular weight is 319 g/mol. The van der Waals surface area contributed by atoms with Gasteiger partial charge in [-0.15, -0.1) is 0 Å². The van der Waals surface area contributed by atoms with E-state index in [2.05, 4.69) is 26.2 Å². The lowest BCUT2D eigenvalue weighted by atomic mass is 10.1. The third kappa shape index (κ3) is 5.06. The first kappa shape index (κ1) is 14.5. The Bertz CT molecular complexity index is 399. The Morgan fingerprint density at radius 3 is 3.00 bits per heavy atom. The molecule has 0 aliphatic carbocycles. The van der Waals surface area contributed by atoms with E-state index in [0.717, 1.165) is 0 Å². The zero-order chi connectivity index (χ0) is 12.9. The van der Waals surface area contributed by atoms with Gasteiger partial charge in [-0.05, 0) is 41.2 Å². The summed E-state index contributed by atoms with van der Waals surface area (Å²) in [5.41, 5.74) is -0.369. The molecule has 1 aromatic rings. The van der Waals surface area contributed by atoms with Crippen LogP contribution in [0.25, 0.3) is 0 Å². The first-order valence-corrected chi connectivity index (χ1v) is 7.24. The Labute approximate surface area is 113 Å². The molecule has 1 rings (SSSR count). The molecule has 0 spiro atoms. The topological polar surface area (TPSA) is 62.2 Å². The molecule has 1 unspecified atom stereocenters. The van der Waals surface area contributed by atoms with Crippen molar-refractivity contribution < 1.29 is 9.90 Å². The van der Waals surface area contributed by atoms with Gasteiger partial charge in [0.05, 0.1) is 5.60 Å². The monoisotopic (exact) mass is 318 g/mol. The zero-order valence-corrected chi connectivity index (χ0v) is 12.1. The molecule has 6 heteroatoms. The third-order valence-electron chi connectivity index (χ3n) is 2.07. The fourth-order valence-corrected chi connectivity index (χ4v) is 2.37. The van der Waals surface area contributed by atoms with Gasteiger partial charge in [-0.1, -0.05) is 0 Å². The standard InChI is InChI=1S/C11H15BrN2O2S/c1-11(16,7-17-2)6-14-10(15)8-3-4-13-9(12)5-8/h3-5,16H,6-7H2,1-2H3,(H,14,15). The number of pyridine rings is 1. The minimum absolute atomic E-state index is 0.213. The maximum absolute atomic E-state index is 11.8. The summed E-state index contributed by atoms with van der Waals surface area (Å²) in [4.78, 5) is 15.7. The van der Waals surface area contributed by atoms with E-state index in [0.29, 0.717) is 15.9 Å². The van der Waals surface area contributed by atoms with Crippen LogP contribution < -0.4 is 5.32 Å². The molecule has 1 amide bonds. The fourth-order valence-electron chi connectivity index (χ4n) is 1.28. The molecule has 4 nitrogen and oxygen atoms in total. The number of nitrogens with zero attached hydrogens (tertiary/aromatic N) is 1. The number of halogens is 1. The van der Waals surface area contributed by atoms with Gasteiger partial charge in [-0.2, -0.15) is 11.8 Å². The summed E-state index contributed by atoms with van der Waals surface area (Å²) >= 11 is 4.74. The fraction of sp³-hybridized carbons (Fsp3) is 0.455. The van der Waals surface area contributed by atoms with E-state index in [-0.39, 0.29) is 12.5 Å². The van der Waals surface area contributed by atoms with Gasteiger partial charge in [-0.3, -0.25) is 4.79 Å². The second-order valence-electron chi connectivity index (χ2n) is 3.98. The van der Waals surface area contributed by atoms with Crippen molar-refractivity contribution in [2.45, 2.75) is 12.5 Å². The number of nitrogens with one attached hydrogen (secondary N) is 1. The van der Waals surface area contributed by atoms with Crippen LogP contribution in [0.15, 0.2) is 22.9 Å². The number of carbonyl (C=O) groups is 1. The predicted octanol–water partition coefficient (Wildman–Crippen LogP) is 1.69. The first-order chi connectivity index (χ1) is 7.94. The normalized spacial score (nSPS) is 14.1. The maximum atomic E-state index is 11.8. The molecule has 0 bridgehead atoms. The summed E-state index contributed by atoms with van der Waals surface area (Å²) in [6, 6.07) is 3.27. The van der Waals surface area contributed by atoms with Crippen molar-refractivity contribution in [3.63, 3.8) is 0 Å². The van der Waals surface area contributed by atoms with Crippen molar-refractivity contribution in [3.05, 3.63) is 28.5 Å². The van der Waals surface area contributed by atoms with Crippen molar-refractivity contribution in [2.75, 3.05) is 18.6 Å². The second-order valence-corrected chi connectivity index (χ2v) is 5.66. The van der Waals surface area contributed by atoms with E-state index in [9.17, 15) is 9.90 Å². The predicted molar refractivity (Wildman–Crippen MR) is 73.3 cm³/mol. The number of aliphatic hydroxyl groups is 1. The number of rotatable bonds is 5. The minimum Gasteiger partial charge on any atom is -0.387 e. The smallest absolute Gasteiger partial charge is 0.251 e. The van der Waals surface area contributed by atoms with Crippen molar-refractivity contribution in [1.82, 2.24) is 10.3 Å². The van der Waals surface area contributed by atoms with Crippen LogP contribution in [-0.2, 0) is 0 Å². The summed E-state index contributed by atoms with van der Waals surface area (Å²) < 4.78 is 0.612. The van der Waals surface area contributed by atoms with Crippen molar-refractivity contribution >= 4 is 33.6 Å². The van der Waals surface area contributed by atoms with E-state index in [1.54, 1.807) is 25.3 Å². The molecule has 0 aromatic carbocycles. The highest BCUT2D eigenvalue weighted by Gasteiger charge is 2.20. The molecular weight excluding hydrogens is 304 g/mol. The van der Waals surface area contributed by atoms with Crippen LogP contribution in [0.2, 0.25) is 0 Å². The molecule has 17 heavy (non-hydrogen) atoms. The number of amides is 1. The Kier molecular flexibility index (Phi) is 5.42. The summed E-state index contributed by atoms with van der Waals surface area (Å²) in [5.74, 6) is 0.363. The number of hydrogen-bond donors (Lipinski definition) is 2. The van der Waals surface area contributed by atoms with Crippen molar-refractivity contribution in [1.29, 1.82) is 0 Å². The van der Waals surface area contributed by atoms with E-state index in [1.165, 1.54) is 11.8 Å². The maximum Gasteiger partial charge on any atom is 0.251 e. The lowest BCUT2D eigenvalue weighted by molar-refractivity contribution is 0.0725. The van der Waals surface area contributed by atoms with Crippen LogP contribution in [0.5, 0.6) is 0 Å². The highest BCUT2D eigenvalue weighted by Crippen LogP contribution is 2.11. The lowest BCUT2D eigenvalue weighted by Gasteiger charge is -2.22. The number of aromatic nitrogens is 1. The Morgan fingerprint density at radius 2 is 2.41 bits per heavy atom. The van der Waals surface area contributed by atoms with Crippen LogP contribution in [-0.4, -0.2) is 40.2 Å². The second kappa shape index (κ2) is 6.37. The van der Waals surface area contributed by atoms with Gasteiger partial charge in [0.15, 0.2) is 0 Å². The molecule has 0 aliphatic heterocycles. The van der Waals surface area contributed by atoms with Crippen molar-refractivity contribution in [3.8, 4) is 0 Å². The summed E-state index contributed by atoms with van der Waals surface area (Å²) in [6.45, 7) is 1.93. The molecule has 0 saturated heterocycles. The van der Waals surface area contributed by atoms with Gasteiger partial charge >= 0.3 is 0 Å². The highest BCUT2D eigenvalue weighted by molar-refractivity contribution is 9.10. The van der Waals surface area contributed by atoms with Gasteiger partial charge in [-0.25, -0.2) is 4.98 Å². The SMILES string of the molecule is CSCC(C)(O)CNC(=O)c1ccnc(Br)c1. The molecule has 1 heterocycles. The van der Waals surface area contributed by atoms with E-state index < -0.39 is 5.60 Å². The average Bonchev–Trinajstić information content (AvgIpc) is 2.26. The molecule has 94 valence electrons. The van der Waals surface area contributed by atoms with Crippen LogP contribution in [0, 0.1) is 0 Å². The summed E-state index contributed by atoms with van der Waals surface area (Å²) in [6.07, 6.45) is 3.47. The molecule has 2 N–H and O–H groups in total.